The highest BCUT2D eigenvalue weighted by molar-refractivity contribution is 6.30. The van der Waals surface area contributed by atoms with Gasteiger partial charge in [-0.2, -0.15) is 0 Å². The Balaban J connectivity index is 1.63. The molecule has 1 aliphatic rings. The molecule has 0 saturated heterocycles. The molecular weight excluding hydrogens is 294 g/mol. The summed E-state index contributed by atoms with van der Waals surface area (Å²) in [5.41, 5.74) is 0. The van der Waals surface area contributed by atoms with Crippen molar-refractivity contribution in [3.63, 3.8) is 0 Å². The Morgan fingerprint density at radius 2 is 2.14 bits per heavy atom. The number of rotatable bonds is 7. The smallest absolute Gasteiger partial charge is 0.344 e. The molecule has 0 aliphatic heterocycles. The molecule has 1 N–H and O–H groups in total. The van der Waals surface area contributed by atoms with Crippen LogP contribution in [0.4, 0.5) is 0 Å². The highest BCUT2D eigenvalue weighted by Gasteiger charge is 2.28. The van der Waals surface area contributed by atoms with Crippen LogP contribution in [0.3, 0.4) is 0 Å². The molecule has 1 aliphatic carbocycles. The molecule has 0 heterocycles. The van der Waals surface area contributed by atoms with Gasteiger partial charge < -0.3 is 14.8 Å². The second-order valence-corrected chi connectivity index (χ2v) is 5.54. The van der Waals surface area contributed by atoms with E-state index in [2.05, 4.69) is 5.32 Å². The number of nitrogens with one attached hydrogen (secondary N) is 1. The van der Waals surface area contributed by atoms with Crippen LogP contribution in [0.15, 0.2) is 24.3 Å². The first-order chi connectivity index (χ1) is 10.0. The molecular formula is C15H18ClNO4. The van der Waals surface area contributed by atoms with Crippen molar-refractivity contribution in [2.24, 2.45) is 5.92 Å². The fourth-order valence-electron chi connectivity index (χ4n) is 1.90. The Kier molecular flexibility index (Phi) is 5.44. The van der Waals surface area contributed by atoms with Crippen LogP contribution in [-0.2, 0) is 14.3 Å². The van der Waals surface area contributed by atoms with Gasteiger partial charge in [0, 0.05) is 11.1 Å². The lowest BCUT2D eigenvalue weighted by Crippen LogP contribution is -2.37. The van der Waals surface area contributed by atoms with Crippen molar-refractivity contribution in [3.05, 3.63) is 29.3 Å². The fraction of sp³-hybridized carbons (Fsp3) is 0.467. The summed E-state index contributed by atoms with van der Waals surface area (Å²) in [7, 11) is 0. The van der Waals surface area contributed by atoms with E-state index in [1.807, 2.05) is 6.92 Å². The van der Waals surface area contributed by atoms with Crippen molar-refractivity contribution < 1.29 is 19.1 Å². The Hall–Kier alpha value is -1.75. The standard InChI is InChI=1S/C15H18ClNO4/c1-10(11-5-6-11)17-14(18)8-21-15(19)9-20-13-4-2-3-12(16)7-13/h2-4,7,10-11H,5-6,8-9H2,1H3,(H,17,18)/t10-/m0/s1. The minimum absolute atomic E-state index is 0.138. The molecule has 0 spiro atoms. The maximum atomic E-state index is 11.6. The van der Waals surface area contributed by atoms with Gasteiger partial charge in [0.2, 0.25) is 0 Å². The van der Waals surface area contributed by atoms with E-state index >= 15 is 0 Å². The molecule has 0 radical (unpaired) electrons. The van der Waals surface area contributed by atoms with Crippen LogP contribution in [0, 0.1) is 5.92 Å². The van der Waals surface area contributed by atoms with Crippen molar-refractivity contribution in [3.8, 4) is 5.75 Å². The van der Waals surface area contributed by atoms with Crippen LogP contribution in [0.2, 0.25) is 5.02 Å². The van der Waals surface area contributed by atoms with E-state index in [1.165, 1.54) is 0 Å². The van der Waals surface area contributed by atoms with Crippen LogP contribution >= 0.6 is 11.6 Å². The monoisotopic (exact) mass is 311 g/mol. The summed E-state index contributed by atoms with van der Waals surface area (Å²) >= 11 is 5.79. The van der Waals surface area contributed by atoms with Gasteiger partial charge in [-0.05, 0) is 43.9 Å². The van der Waals surface area contributed by atoms with Gasteiger partial charge in [0.25, 0.3) is 5.91 Å². The number of halogens is 1. The summed E-state index contributed by atoms with van der Waals surface area (Å²) in [5, 5.41) is 3.33. The Bertz CT molecular complexity index is 516. The summed E-state index contributed by atoms with van der Waals surface area (Å²) in [6.07, 6.45) is 2.30. The maximum Gasteiger partial charge on any atom is 0.344 e. The van der Waals surface area contributed by atoms with Crippen LogP contribution in [0.5, 0.6) is 5.75 Å². The molecule has 21 heavy (non-hydrogen) atoms. The summed E-state index contributed by atoms with van der Waals surface area (Å²) in [6, 6.07) is 6.84. The molecule has 114 valence electrons. The normalized spacial score (nSPS) is 15.1. The van der Waals surface area contributed by atoms with E-state index in [-0.39, 0.29) is 25.2 Å². The summed E-state index contributed by atoms with van der Waals surface area (Å²) in [6.45, 7) is 1.42. The Labute approximate surface area is 128 Å². The maximum absolute atomic E-state index is 11.6. The van der Waals surface area contributed by atoms with Crippen LogP contribution < -0.4 is 10.1 Å². The third-order valence-electron chi connectivity index (χ3n) is 3.23. The first kappa shape index (κ1) is 15.6. The molecule has 2 rings (SSSR count). The van der Waals surface area contributed by atoms with Gasteiger partial charge in [0.05, 0.1) is 0 Å². The lowest BCUT2D eigenvalue weighted by molar-refractivity contribution is -0.150. The van der Waals surface area contributed by atoms with E-state index in [0.717, 1.165) is 12.8 Å². The van der Waals surface area contributed by atoms with Crippen LogP contribution in [0.25, 0.3) is 0 Å². The van der Waals surface area contributed by atoms with Crippen molar-refractivity contribution in [1.29, 1.82) is 0 Å². The predicted octanol–water partition coefficient (Wildman–Crippen LogP) is 2.18. The van der Waals surface area contributed by atoms with Gasteiger partial charge in [-0.25, -0.2) is 4.79 Å². The van der Waals surface area contributed by atoms with Gasteiger partial charge in [-0.3, -0.25) is 4.79 Å². The number of amides is 1. The third kappa shape index (κ3) is 5.63. The summed E-state index contributed by atoms with van der Waals surface area (Å²) < 4.78 is 10.1. The number of esters is 1. The summed E-state index contributed by atoms with van der Waals surface area (Å²) in [5.74, 6) is 0.164. The van der Waals surface area contributed by atoms with Gasteiger partial charge in [-0.1, -0.05) is 17.7 Å². The lowest BCUT2D eigenvalue weighted by Gasteiger charge is -2.12. The zero-order valence-corrected chi connectivity index (χ0v) is 12.6. The molecule has 0 bridgehead atoms. The first-order valence-electron chi connectivity index (χ1n) is 6.88. The molecule has 0 unspecified atom stereocenters. The quantitative estimate of drug-likeness (QED) is 0.784. The topological polar surface area (TPSA) is 64.6 Å². The van der Waals surface area contributed by atoms with Gasteiger partial charge in [-0.15, -0.1) is 0 Å². The second kappa shape index (κ2) is 7.31. The molecule has 1 aromatic rings. The van der Waals surface area contributed by atoms with Crippen molar-refractivity contribution in [2.75, 3.05) is 13.2 Å². The van der Waals surface area contributed by atoms with Gasteiger partial charge >= 0.3 is 5.97 Å². The third-order valence-corrected chi connectivity index (χ3v) is 3.47. The average Bonchev–Trinajstić information content (AvgIpc) is 3.27. The fourth-order valence-corrected chi connectivity index (χ4v) is 2.08. The molecule has 6 heteroatoms. The SMILES string of the molecule is C[C@H](NC(=O)COC(=O)COc1cccc(Cl)c1)C1CC1. The van der Waals surface area contributed by atoms with E-state index < -0.39 is 5.97 Å². The minimum atomic E-state index is -0.593. The van der Waals surface area contributed by atoms with Crippen molar-refractivity contribution in [1.82, 2.24) is 5.32 Å². The number of benzene rings is 1. The minimum Gasteiger partial charge on any atom is -0.482 e. The Morgan fingerprint density at radius 1 is 1.38 bits per heavy atom. The largest absolute Gasteiger partial charge is 0.482 e. The van der Waals surface area contributed by atoms with E-state index in [9.17, 15) is 9.59 Å². The zero-order valence-electron chi connectivity index (χ0n) is 11.8. The lowest BCUT2D eigenvalue weighted by atomic mass is 10.2. The van der Waals surface area contributed by atoms with E-state index in [0.29, 0.717) is 16.7 Å². The number of hydrogen-bond donors (Lipinski definition) is 1. The molecule has 1 amide bonds. The molecule has 1 fully saturated rings. The van der Waals surface area contributed by atoms with E-state index in [1.54, 1.807) is 24.3 Å². The molecule has 0 aromatic heterocycles. The number of carbonyl (C=O) groups excluding carboxylic acids is 2. The highest BCUT2D eigenvalue weighted by Crippen LogP contribution is 2.32. The average molecular weight is 312 g/mol. The predicted molar refractivity (Wildman–Crippen MR) is 78.2 cm³/mol. The summed E-state index contributed by atoms with van der Waals surface area (Å²) in [4.78, 5) is 23.0. The highest BCUT2D eigenvalue weighted by atomic mass is 35.5. The first-order valence-corrected chi connectivity index (χ1v) is 7.26. The second-order valence-electron chi connectivity index (χ2n) is 5.10. The molecule has 1 saturated carbocycles. The van der Waals surface area contributed by atoms with Gasteiger partial charge in [0.15, 0.2) is 13.2 Å². The van der Waals surface area contributed by atoms with Gasteiger partial charge in [0.1, 0.15) is 5.75 Å². The number of carbonyl (C=O) groups is 2. The molecule has 1 atom stereocenters. The van der Waals surface area contributed by atoms with Crippen LogP contribution in [-0.4, -0.2) is 31.1 Å². The zero-order chi connectivity index (χ0) is 15.2. The Morgan fingerprint density at radius 3 is 2.81 bits per heavy atom. The van der Waals surface area contributed by atoms with Crippen LogP contribution in [0.1, 0.15) is 19.8 Å². The van der Waals surface area contributed by atoms with Crippen molar-refractivity contribution >= 4 is 23.5 Å². The van der Waals surface area contributed by atoms with Crippen molar-refractivity contribution in [2.45, 2.75) is 25.8 Å². The van der Waals surface area contributed by atoms with E-state index in [4.69, 9.17) is 21.1 Å². The number of hydrogen-bond acceptors (Lipinski definition) is 4. The number of ether oxygens (including phenoxy) is 2. The molecule has 5 nitrogen and oxygen atoms in total. The molecule has 1 aromatic carbocycles.